The largest absolute Gasteiger partial charge is 0.301 e. The Labute approximate surface area is 178 Å². The van der Waals surface area contributed by atoms with E-state index in [9.17, 15) is 0 Å². The Kier molecular flexibility index (Phi) is 4.31. The fraction of sp³-hybridized carbons (Fsp3) is 0.400. The molecule has 0 fully saturated rings. The lowest BCUT2D eigenvalue weighted by Crippen LogP contribution is -2.62. The zero-order chi connectivity index (χ0) is 20.9. The molecule has 2 aliphatic rings. The smallest absolute Gasteiger partial charge is 0.178 e. The van der Waals surface area contributed by atoms with Crippen molar-refractivity contribution in [2.24, 2.45) is 5.41 Å². The Balaban J connectivity index is 1.87. The third-order valence-electron chi connectivity index (χ3n) is 7.83. The average Bonchev–Trinajstić information content (AvgIpc) is 3.16. The lowest BCUT2D eigenvalue weighted by molar-refractivity contribution is 0.0772. The van der Waals surface area contributed by atoms with Crippen LogP contribution in [0, 0.1) is 5.41 Å². The molecule has 0 bridgehead atoms. The summed E-state index contributed by atoms with van der Waals surface area (Å²) in [4.78, 5) is 18.7. The third kappa shape index (κ3) is 2.21. The van der Waals surface area contributed by atoms with Gasteiger partial charge in [-0.2, -0.15) is 0 Å². The molecule has 154 valence electrons. The molecule has 5 heteroatoms. The lowest BCUT2D eigenvalue weighted by atomic mass is 9.53. The summed E-state index contributed by atoms with van der Waals surface area (Å²) in [6, 6.07) is 13.1. The fourth-order valence-corrected chi connectivity index (χ4v) is 6.20. The quantitative estimate of drug-likeness (QED) is 0.540. The average molecular weight is 400 g/mol. The molecule has 0 saturated carbocycles. The highest BCUT2D eigenvalue weighted by Gasteiger charge is 2.62. The Hall–Kier alpha value is -2.95. The fourth-order valence-electron chi connectivity index (χ4n) is 6.20. The van der Waals surface area contributed by atoms with Crippen molar-refractivity contribution in [2.45, 2.75) is 58.5 Å². The van der Waals surface area contributed by atoms with E-state index in [2.05, 4.69) is 78.9 Å². The molecule has 5 nitrogen and oxygen atoms in total. The van der Waals surface area contributed by atoms with Crippen LogP contribution in [0.4, 0.5) is 23.0 Å². The van der Waals surface area contributed by atoms with Crippen molar-refractivity contribution >= 4 is 23.0 Å². The maximum atomic E-state index is 4.82. The molecule has 0 radical (unpaired) electrons. The molecule has 2 unspecified atom stereocenters. The van der Waals surface area contributed by atoms with Gasteiger partial charge in [0.25, 0.3) is 0 Å². The zero-order valence-electron chi connectivity index (χ0n) is 18.2. The van der Waals surface area contributed by atoms with E-state index < -0.39 is 0 Å². The maximum Gasteiger partial charge on any atom is 0.178 e. The van der Waals surface area contributed by atoms with Gasteiger partial charge in [-0.3, -0.25) is 4.98 Å². The molecule has 30 heavy (non-hydrogen) atoms. The minimum Gasteiger partial charge on any atom is -0.301 e. The molecule has 2 aromatic heterocycles. The minimum atomic E-state index is -0.0174. The van der Waals surface area contributed by atoms with Crippen LogP contribution in [0.3, 0.4) is 0 Å². The van der Waals surface area contributed by atoms with E-state index in [-0.39, 0.29) is 17.0 Å². The summed E-state index contributed by atoms with van der Waals surface area (Å²) < 4.78 is 0. The lowest BCUT2D eigenvalue weighted by Gasteiger charge is -2.59. The van der Waals surface area contributed by atoms with Crippen LogP contribution in [0.1, 0.15) is 52.5 Å². The molecule has 0 saturated heterocycles. The molecule has 2 atom stereocenters. The van der Waals surface area contributed by atoms with E-state index in [1.807, 2.05) is 12.4 Å². The van der Waals surface area contributed by atoms with Gasteiger partial charge in [-0.1, -0.05) is 45.9 Å². The van der Waals surface area contributed by atoms with Crippen molar-refractivity contribution < 1.29 is 0 Å². The second-order valence-corrected chi connectivity index (χ2v) is 8.60. The first-order valence-electron chi connectivity index (χ1n) is 11.0. The number of aromatic nitrogens is 3. The van der Waals surface area contributed by atoms with Gasteiger partial charge in [0, 0.05) is 47.0 Å². The van der Waals surface area contributed by atoms with Crippen LogP contribution in [-0.4, -0.2) is 21.1 Å². The Morgan fingerprint density at radius 2 is 1.43 bits per heavy atom. The minimum absolute atomic E-state index is 0.0174. The van der Waals surface area contributed by atoms with Crippen molar-refractivity contribution in [1.82, 2.24) is 15.0 Å². The van der Waals surface area contributed by atoms with Gasteiger partial charge in [0.05, 0.1) is 0 Å². The predicted octanol–water partition coefficient (Wildman–Crippen LogP) is 5.98. The van der Waals surface area contributed by atoms with Crippen LogP contribution in [0.2, 0.25) is 0 Å². The van der Waals surface area contributed by atoms with Crippen LogP contribution in [0.5, 0.6) is 0 Å². The first-order chi connectivity index (χ1) is 14.6. The van der Waals surface area contributed by atoms with Gasteiger partial charge in [-0.15, -0.1) is 0 Å². The highest BCUT2D eigenvalue weighted by molar-refractivity contribution is 5.86. The number of rotatable bonds is 4. The first-order valence-corrected chi connectivity index (χ1v) is 11.0. The number of hydrogen-bond acceptors (Lipinski definition) is 5. The number of anilines is 4. The molecule has 2 aliphatic heterocycles. The van der Waals surface area contributed by atoms with Crippen LogP contribution >= 0.6 is 0 Å². The Morgan fingerprint density at radius 1 is 0.800 bits per heavy atom. The molecule has 1 aromatic carbocycles. The van der Waals surface area contributed by atoms with Crippen molar-refractivity contribution in [3.8, 4) is 0 Å². The highest BCUT2D eigenvalue weighted by Crippen LogP contribution is 2.64. The summed E-state index contributed by atoms with van der Waals surface area (Å²) in [5.74, 6) is 1.86. The van der Waals surface area contributed by atoms with Crippen molar-refractivity contribution in [1.29, 1.82) is 0 Å². The van der Waals surface area contributed by atoms with Gasteiger partial charge in [-0.25, -0.2) is 9.97 Å². The van der Waals surface area contributed by atoms with E-state index >= 15 is 0 Å². The number of hydrogen-bond donors (Lipinski definition) is 0. The van der Waals surface area contributed by atoms with E-state index in [0.29, 0.717) is 0 Å². The van der Waals surface area contributed by atoms with Gasteiger partial charge in [0.15, 0.2) is 11.6 Å². The molecule has 0 amide bonds. The first kappa shape index (κ1) is 19.0. The summed E-state index contributed by atoms with van der Waals surface area (Å²) in [7, 11) is 0. The van der Waals surface area contributed by atoms with E-state index in [1.54, 1.807) is 12.4 Å². The second-order valence-electron chi connectivity index (χ2n) is 8.60. The van der Waals surface area contributed by atoms with Crippen molar-refractivity contribution in [2.75, 3.05) is 9.80 Å². The van der Waals surface area contributed by atoms with Crippen molar-refractivity contribution in [3.05, 3.63) is 66.7 Å². The van der Waals surface area contributed by atoms with Gasteiger partial charge >= 0.3 is 0 Å². The summed E-state index contributed by atoms with van der Waals surface area (Å²) in [6.45, 7) is 9.49. The molecule has 0 aliphatic carbocycles. The highest BCUT2D eigenvalue weighted by atomic mass is 15.5. The number of nitrogens with zero attached hydrogens (tertiary/aromatic N) is 5. The summed E-state index contributed by atoms with van der Waals surface area (Å²) in [6.07, 6.45) is 10.7. The Bertz CT molecular complexity index is 1060. The number of para-hydroxylation sites is 1. The number of pyridine rings is 1. The Morgan fingerprint density at radius 3 is 2.07 bits per heavy atom. The summed E-state index contributed by atoms with van der Waals surface area (Å²) >= 11 is 0. The molecular weight excluding hydrogens is 370 g/mol. The molecule has 3 aromatic rings. The second kappa shape index (κ2) is 6.79. The summed E-state index contributed by atoms with van der Waals surface area (Å²) in [5, 5.41) is 0. The van der Waals surface area contributed by atoms with Crippen LogP contribution in [0.15, 0.2) is 61.2 Å². The zero-order valence-corrected chi connectivity index (χ0v) is 18.2. The monoisotopic (exact) mass is 399 g/mol. The van der Waals surface area contributed by atoms with E-state index in [1.165, 1.54) is 11.3 Å². The topological polar surface area (TPSA) is 45.2 Å². The number of benzene rings is 1. The molecule has 0 N–H and O–H groups in total. The van der Waals surface area contributed by atoms with E-state index in [0.717, 1.165) is 36.6 Å². The maximum absolute atomic E-state index is 4.82. The van der Waals surface area contributed by atoms with Crippen LogP contribution in [-0.2, 0) is 5.41 Å². The molecule has 5 rings (SSSR count). The van der Waals surface area contributed by atoms with Crippen LogP contribution in [0.25, 0.3) is 0 Å². The normalized spacial score (nSPS) is 23.7. The predicted molar refractivity (Wildman–Crippen MR) is 121 cm³/mol. The summed E-state index contributed by atoms with van der Waals surface area (Å²) in [5.41, 5.74) is 3.85. The van der Waals surface area contributed by atoms with Gasteiger partial charge < -0.3 is 9.80 Å². The third-order valence-corrected chi connectivity index (χ3v) is 7.83. The standard InChI is InChI=1S/C25H29N5/c1-5-24(4)23-29(18-12-14-26-15-13-18)21-22(28-17-16-27-21)30(23)20-11-9-8-10-19(20)25(24,6-2)7-3/h8-17,23H,5-7H2,1-4H3. The molecule has 4 heterocycles. The SMILES string of the molecule is CCC1(CC)c2ccccc2N2c3nccnc3N(c3ccncc3)C2C1(C)CC. The van der Waals surface area contributed by atoms with Crippen molar-refractivity contribution in [3.63, 3.8) is 0 Å². The van der Waals surface area contributed by atoms with E-state index in [4.69, 9.17) is 9.97 Å². The van der Waals surface area contributed by atoms with Gasteiger partial charge in [0.1, 0.15) is 6.17 Å². The van der Waals surface area contributed by atoms with Gasteiger partial charge in [-0.05, 0) is 43.0 Å². The van der Waals surface area contributed by atoms with Gasteiger partial charge in [0.2, 0.25) is 0 Å². The number of fused-ring (bicyclic) bond motifs is 5. The van der Waals surface area contributed by atoms with Crippen LogP contribution < -0.4 is 9.80 Å². The molecular formula is C25H29N5. The molecule has 0 spiro atoms.